The lowest BCUT2D eigenvalue weighted by molar-refractivity contribution is -0.121. The van der Waals surface area contributed by atoms with Gasteiger partial charge in [0.15, 0.2) is 0 Å². The van der Waals surface area contributed by atoms with Crippen molar-refractivity contribution in [1.29, 1.82) is 0 Å². The maximum absolute atomic E-state index is 12.3. The predicted molar refractivity (Wildman–Crippen MR) is 96.6 cm³/mol. The van der Waals surface area contributed by atoms with Crippen molar-refractivity contribution in [3.63, 3.8) is 0 Å². The van der Waals surface area contributed by atoms with Crippen LogP contribution in [0.15, 0.2) is 29.4 Å². The quantitative estimate of drug-likeness (QED) is 0.670. The van der Waals surface area contributed by atoms with Crippen molar-refractivity contribution < 1.29 is 14.4 Å². The first-order valence-corrected chi connectivity index (χ1v) is 9.07. The van der Waals surface area contributed by atoms with Gasteiger partial charge in [0.1, 0.15) is 6.54 Å². The maximum Gasteiger partial charge on any atom is 0.262 e. The molecule has 2 bridgehead atoms. The van der Waals surface area contributed by atoms with Gasteiger partial charge in [0, 0.05) is 11.1 Å². The zero-order valence-corrected chi connectivity index (χ0v) is 15.3. The van der Waals surface area contributed by atoms with Crippen LogP contribution in [0.25, 0.3) is 0 Å². The highest BCUT2D eigenvalue weighted by Crippen LogP contribution is 2.63. The first-order chi connectivity index (χ1) is 12.3. The molecule has 0 spiro atoms. The fourth-order valence-electron chi connectivity index (χ4n) is 4.79. The molecule has 26 heavy (non-hydrogen) atoms. The number of nitrogens with one attached hydrogen (secondary N) is 1. The number of benzene rings is 1. The van der Waals surface area contributed by atoms with E-state index in [0.29, 0.717) is 17.0 Å². The van der Waals surface area contributed by atoms with Gasteiger partial charge in [-0.3, -0.25) is 19.3 Å². The Hall–Kier alpha value is -2.50. The number of imide groups is 1. The smallest absolute Gasteiger partial charge is 0.262 e. The van der Waals surface area contributed by atoms with Gasteiger partial charge in [-0.2, -0.15) is 5.10 Å². The highest BCUT2D eigenvalue weighted by Gasteiger charge is 2.60. The van der Waals surface area contributed by atoms with Crippen LogP contribution in [0.5, 0.6) is 0 Å². The third-order valence-electron chi connectivity index (χ3n) is 7.01. The van der Waals surface area contributed by atoms with Gasteiger partial charge in [-0.1, -0.05) is 32.9 Å². The number of carbonyl (C=O) groups is 3. The summed E-state index contributed by atoms with van der Waals surface area (Å²) >= 11 is 0. The molecule has 1 heterocycles. The Morgan fingerprint density at radius 3 is 2.31 bits per heavy atom. The first kappa shape index (κ1) is 16.9. The van der Waals surface area contributed by atoms with E-state index in [-0.39, 0.29) is 17.4 Å². The summed E-state index contributed by atoms with van der Waals surface area (Å²) in [4.78, 5) is 37.9. The fraction of sp³-hybridized carbons (Fsp3) is 0.500. The Morgan fingerprint density at radius 1 is 1.19 bits per heavy atom. The number of hydrazone groups is 1. The van der Waals surface area contributed by atoms with E-state index in [4.69, 9.17) is 0 Å². The van der Waals surface area contributed by atoms with E-state index in [1.54, 1.807) is 24.3 Å². The Morgan fingerprint density at radius 2 is 1.81 bits per heavy atom. The number of nitrogens with zero attached hydrogens (tertiary/aromatic N) is 2. The standard InChI is InChI=1S/C20H23N3O3/c1-19(2)12-8-9-20(19,3)15(10-12)21-22-16(24)11-23-17(25)13-6-4-5-7-14(13)18(23)26/h4-7,12H,8-11H2,1-3H3,(H,22,24)/b21-15+/t12-,20-/m1/s1. The van der Waals surface area contributed by atoms with Crippen molar-refractivity contribution in [3.8, 4) is 0 Å². The second-order valence-electron chi connectivity index (χ2n) is 8.33. The normalized spacial score (nSPS) is 30.2. The molecule has 0 radical (unpaired) electrons. The number of fused-ring (bicyclic) bond motifs is 3. The van der Waals surface area contributed by atoms with Gasteiger partial charge >= 0.3 is 0 Å². The Kier molecular flexibility index (Phi) is 3.58. The molecule has 0 aromatic heterocycles. The summed E-state index contributed by atoms with van der Waals surface area (Å²) in [7, 11) is 0. The van der Waals surface area contributed by atoms with Crippen LogP contribution in [0.3, 0.4) is 0 Å². The molecule has 6 nitrogen and oxygen atoms in total. The van der Waals surface area contributed by atoms with Gasteiger partial charge in [-0.15, -0.1) is 0 Å². The van der Waals surface area contributed by atoms with E-state index in [1.807, 2.05) is 0 Å². The summed E-state index contributed by atoms with van der Waals surface area (Å²) in [6.07, 6.45) is 3.18. The lowest BCUT2D eigenvalue weighted by Gasteiger charge is -2.34. The van der Waals surface area contributed by atoms with Crippen LogP contribution >= 0.6 is 0 Å². The minimum atomic E-state index is -0.448. The molecule has 3 aliphatic rings. The van der Waals surface area contributed by atoms with Crippen LogP contribution in [0, 0.1) is 16.7 Å². The number of hydrogen-bond donors (Lipinski definition) is 1. The van der Waals surface area contributed by atoms with E-state index in [9.17, 15) is 14.4 Å². The van der Waals surface area contributed by atoms with Crippen LogP contribution in [0.1, 0.15) is 60.7 Å². The zero-order chi connectivity index (χ0) is 18.7. The van der Waals surface area contributed by atoms with Crippen LogP contribution in [-0.4, -0.2) is 34.9 Å². The van der Waals surface area contributed by atoms with Crippen molar-refractivity contribution in [2.75, 3.05) is 6.54 Å². The zero-order valence-electron chi connectivity index (χ0n) is 15.3. The minimum Gasteiger partial charge on any atom is -0.271 e. The molecule has 1 aliphatic heterocycles. The van der Waals surface area contributed by atoms with Crippen molar-refractivity contribution in [3.05, 3.63) is 35.4 Å². The van der Waals surface area contributed by atoms with Crippen LogP contribution in [-0.2, 0) is 4.79 Å². The molecule has 0 saturated heterocycles. The van der Waals surface area contributed by atoms with Gasteiger partial charge in [0.05, 0.1) is 11.1 Å². The SMILES string of the molecule is CC1(C)[C@@H]2CC[C@]1(C)/C(=N/NC(=O)CN1C(=O)c3ccccc3C1=O)C2. The van der Waals surface area contributed by atoms with Gasteiger partial charge in [-0.25, -0.2) is 5.43 Å². The van der Waals surface area contributed by atoms with Crippen molar-refractivity contribution in [2.24, 2.45) is 21.8 Å². The largest absolute Gasteiger partial charge is 0.271 e. The molecular formula is C20H23N3O3. The van der Waals surface area contributed by atoms with Gasteiger partial charge in [0.2, 0.25) is 0 Å². The summed E-state index contributed by atoms with van der Waals surface area (Å²) in [5.41, 5.74) is 4.47. The second kappa shape index (κ2) is 5.50. The number of rotatable bonds is 3. The van der Waals surface area contributed by atoms with E-state index in [2.05, 4.69) is 31.3 Å². The molecule has 1 aromatic carbocycles. The highest BCUT2D eigenvalue weighted by molar-refractivity contribution is 6.22. The highest BCUT2D eigenvalue weighted by atomic mass is 16.2. The van der Waals surface area contributed by atoms with Crippen molar-refractivity contribution >= 4 is 23.4 Å². The van der Waals surface area contributed by atoms with Crippen LogP contribution < -0.4 is 5.43 Å². The molecule has 1 N–H and O–H groups in total. The summed E-state index contributed by atoms with van der Waals surface area (Å²) in [5, 5.41) is 4.38. The molecule has 2 saturated carbocycles. The molecule has 2 atom stereocenters. The Bertz CT molecular complexity index is 823. The van der Waals surface area contributed by atoms with E-state index in [0.717, 1.165) is 23.5 Å². The van der Waals surface area contributed by atoms with E-state index in [1.165, 1.54) is 6.42 Å². The summed E-state index contributed by atoms with van der Waals surface area (Å²) < 4.78 is 0. The monoisotopic (exact) mass is 353 g/mol. The Labute approximate surface area is 152 Å². The van der Waals surface area contributed by atoms with Crippen LogP contribution in [0.4, 0.5) is 0 Å². The maximum atomic E-state index is 12.3. The summed E-state index contributed by atoms with van der Waals surface area (Å²) in [5.74, 6) is -0.710. The van der Waals surface area contributed by atoms with Gasteiger partial charge in [-0.05, 0) is 42.7 Å². The average molecular weight is 353 g/mol. The van der Waals surface area contributed by atoms with E-state index >= 15 is 0 Å². The molecule has 4 rings (SSSR count). The summed E-state index contributed by atoms with van der Waals surface area (Å²) in [6.45, 7) is 6.45. The molecular weight excluding hydrogens is 330 g/mol. The lowest BCUT2D eigenvalue weighted by Crippen LogP contribution is -2.40. The number of carbonyl (C=O) groups excluding carboxylic acids is 3. The van der Waals surface area contributed by atoms with Crippen molar-refractivity contribution in [2.45, 2.75) is 40.0 Å². The molecule has 136 valence electrons. The van der Waals surface area contributed by atoms with Gasteiger partial charge < -0.3 is 0 Å². The first-order valence-electron chi connectivity index (χ1n) is 9.07. The lowest BCUT2D eigenvalue weighted by atomic mass is 9.70. The predicted octanol–water partition coefficient (Wildman–Crippen LogP) is 2.60. The molecule has 0 unspecified atom stereocenters. The third kappa shape index (κ3) is 2.17. The van der Waals surface area contributed by atoms with Crippen LogP contribution in [0.2, 0.25) is 0 Å². The molecule has 2 fully saturated rings. The topological polar surface area (TPSA) is 78.8 Å². The second-order valence-corrected chi connectivity index (χ2v) is 8.33. The number of amides is 3. The molecule has 6 heteroatoms. The summed E-state index contributed by atoms with van der Waals surface area (Å²) in [6, 6.07) is 6.62. The number of hydrogen-bond acceptors (Lipinski definition) is 4. The average Bonchev–Trinajstić information content (AvgIpc) is 3.07. The molecule has 1 aromatic rings. The molecule has 3 amide bonds. The fourth-order valence-corrected chi connectivity index (χ4v) is 4.79. The van der Waals surface area contributed by atoms with Gasteiger partial charge in [0.25, 0.3) is 17.7 Å². The Balaban J connectivity index is 1.45. The molecule has 2 aliphatic carbocycles. The van der Waals surface area contributed by atoms with Crippen molar-refractivity contribution in [1.82, 2.24) is 10.3 Å². The minimum absolute atomic E-state index is 0.000462. The third-order valence-corrected chi connectivity index (χ3v) is 7.01. The van der Waals surface area contributed by atoms with E-state index < -0.39 is 17.7 Å².